The maximum absolute atomic E-state index is 6.70. The maximum atomic E-state index is 6.70. The van der Waals surface area contributed by atoms with Gasteiger partial charge < -0.3 is 13.7 Å². The first-order valence-electron chi connectivity index (χ1n) is 29.4. The Hall–Kier alpha value is -2.80. The Morgan fingerprint density at radius 2 is 1.20 bits per heavy atom. The Morgan fingerprint density at radius 1 is 0.634 bits per heavy atom. The van der Waals surface area contributed by atoms with E-state index in [4.69, 9.17) is 20.2 Å². The van der Waals surface area contributed by atoms with Crippen molar-refractivity contribution in [1.29, 1.82) is 2.56 Å². The van der Waals surface area contributed by atoms with Crippen LogP contribution in [0.4, 0.5) is 0 Å². The predicted molar refractivity (Wildman–Crippen MR) is 328 cm³/mol. The molecule has 0 fully saturated rings. The van der Waals surface area contributed by atoms with Gasteiger partial charge >= 0.3 is 0 Å². The lowest BCUT2D eigenvalue weighted by Crippen LogP contribution is -2.10. The highest BCUT2D eigenvalue weighted by Crippen LogP contribution is 2.47. The zero-order chi connectivity index (χ0) is 52.3. The van der Waals surface area contributed by atoms with Crippen LogP contribution in [0, 0.1) is 19.8 Å². The standard InChI is InChI=1S/C59H79N5S3.CH5BP2/c1-8-13-17-20-22-24-28-43(29-25-23-21-18-14-9-2)64-51-36-47-49(62(32-26-19-15-10-3)54-38-55(66-59(47)54)44-31-30-40(6)56-57(44)61-67-60-56)34-45(51)46-35-50-48(37-52(46)64)58-53(33-41(7)65-58)63(50)39-42(12-5)27-16-11-4;1-4(2)3/h30-31,33-38,42-43H,8-29,32,39H2,1-7H3;3H2,1H3/i;1T,3TD. The van der Waals surface area contributed by atoms with E-state index < -0.39 is 16.3 Å². The number of fused-ring (bicyclic) bond motifs is 10. The highest BCUT2D eigenvalue weighted by Gasteiger charge is 2.26. The molecule has 6 heterocycles. The van der Waals surface area contributed by atoms with Gasteiger partial charge in [0, 0.05) is 57.4 Å². The van der Waals surface area contributed by atoms with Gasteiger partial charge in [-0.1, -0.05) is 162 Å². The highest BCUT2D eigenvalue weighted by molar-refractivity contribution is 8.25. The van der Waals surface area contributed by atoms with Gasteiger partial charge in [0.25, 0.3) is 0 Å². The van der Waals surface area contributed by atoms with Crippen molar-refractivity contribution in [2.75, 3.05) is 6.64 Å². The molecule has 11 heteroatoms. The van der Waals surface area contributed by atoms with E-state index in [-0.39, 0.29) is 6.64 Å². The lowest BCUT2D eigenvalue weighted by atomic mass is 9.99. The second-order valence-electron chi connectivity index (χ2n) is 20.9. The third-order valence-corrected chi connectivity index (χ3v) is 18.3. The number of benzene rings is 3. The molecule has 3 unspecified atom stereocenters. The molecule has 0 aliphatic carbocycles. The molecule has 2 radical (unpaired) electrons. The lowest BCUT2D eigenvalue weighted by molar-refractivity contribution is 0.401. The molecule has 3 atom stereocenters. The molecule has 6 aromatic heterocycles. The first-order chi connectivity index (χ1) is 36.1. The number of unbranched alkanes of at least 4 members (excludes halogenated alkanes) is 14. The number of aryl methyl sites for hydroxylation is 3. The lowest BCUT2D eigenvalue weighted by Gasteiger charge is -2.22. The van der Waals surface area contributed by atoms with Crippen LogP contribution in [0.1, 0.15) is 194 Å². The summed E-state index contributed by atoms with van der Waals surface area (Å²) in [5.74, 6) is 0.686. The topological polar surface area (TPSA) is 40.6 Å². The van der Waals surface area contributed by atoms with Crippen LogP contribution < -0.4 is 0 Å². The first kappa shape index (κ1) is 50.4. The van der Waals surface area contributed by atoms with E-state index in [1.165, 1.54) is 238 Å². The molecule has 0 bridgehead atoms. The van der Waals surface area contributed by atoms with Crippen LogP contribution >= 0.6 is 50.7 Å². The molecule has 0 saturated carbocycles. The maximum Gasteiger partial charge on any atom is 0.114 e. The Balaban J connectivity index is 0.000000972. The summed E-state index contributed by atoms with van der Waals surface area (Å²) in [6.07, 6.45) is 28.7. The summed E-state index contributed by atoms with van der Waals surface area (Å²) < 4.78 is 40.9. The van der Waals surface area contributed by atoms with Crippen molar-refractivity contribution in [3.8, 4) is 10.4 Å². The summed E-state index contributed by atoms with van der Waals surface area (Å²) in [5.41, 5.74) is 13.1. The van der Waals surface area contributed by atoms with Crippen LogP contribution in [-0.4, -0.2) is 39.2 Å². The van der Waals surface area contributed by atoms with Crippen molar-refractivity contribution in [1.82, 2.24) is 22.4 Å². The van der Waals surface area contributed by atoms with Crippen LogP contribution in [0.15, 0.2) is 48.5 Å². The Bertz CT molecular complexity index is 3200. The van der Waals surface area contributed by atoms with Gasteiger partial charge in [-0.2, -0.15) is 8.75 Å². The third kappa shape index (κ3) is 12.3. The molecular weight excluding hydrogens is 960 g/mol. The third-order valence-electron chi connectivity index (χ3n) is 15.5. The largest absolute Gasteiger partial charge is 0.340 e. The fourth-order valence-corrected chi connectivity index (χ4v) is 14.5. The minimum atomic E-state index is -1.51. The summed E-state index contributed by atoms with van der Waals surface area (Å²) >= 11 is 5.32. The van der Waals surface area contributed by atoms with Gasteiger partial charge in [0.1, 0.15) is 18.6 Å². The summed E-state index contributed by atoms with van der Waals surface area (Å²) in [7, 11) is 2.57. The monoisotopic (exact) mass is 1050 g/mol. The zero-order valence-corrected chi connectivity index (χ0v) is 48.6. The molecule has 9 aromatic rings. The van der Waals surface area contributed by atoms with Crippen molar-refractivity contribution < 1.29 is 1.37 Å². The van der Waals surface area contributed by atoms with Gasteiger partial charge in [-0.25, -0.2) is 0 Å². The van der Waals surface area contributed by atoms with E-state index in [0.717, 1.165) is 24.1 Å². The molecule has 0 saturated heterocycles. The van der Waals surface area contributed by atoms with Crippen molar-refractivity contribution >= 4 is 133 Å². The molecule has 5 nitrogen and oxygen atoms in total. The molecule has 71 heavy (non-hydrogen) atoms. The summed E-state index contributed by atoms with van der Waals surface area (Å²) in [6.45, 7) is 18.4. The Labute approximate surface area is 447 Å². The molecule has 9 rings (SSSR count). The molecule has 3 aromatic carbocycles. The van der Waals surface area contributed by atoms with E-state index in [2.05, 4.69) is 111 Å². The van der Waals surface area contributed by atoms with Gasteiger partial charge in [-0.05, 0) is 94.1 Å². The molecule has 0 N–H and O–H groups in total. The van der Waals surface area contributed by atoms with Gasteiger partial charge in [0.15, 0.2) is 0 Å². The SMILES string of the molecule is CCCCCCCCC(CCCCCCCC)n1c2cc3c4sc(C)cc4n(CC(CC)CCCC)c3cc2c2cc3c(cc21)c1sc(-c2ccc(C)c4nsnc24)cc1n3CCCCCC.[2H]P([3H])P([B])C[3H]. The number of hydrogen-bond donors (Lipinski definition) is 0. The number of rotatable bonds is 28. The Morgan fingerprint density at radius 3 is 1.80 bits per heavy atom. The normalized spacial score (nSPS) is 14.2. The van der Waals surface area contributed by atoms with E-state index in [1.54, 1.807) is 0 Å². The van der Waals surface area contributed by atoms with Crippen LogP contribution in [0.3, 0.4) is 0 Å². The van der Waals surface area contributed by atoms with Crippen LogP contribution in [0.2, 0.25) is 0 Å². The van der Waals surface area contributed by atoms with Gasteiger partial charge in [-0.3, -0.25) is 0 Å². The average Bonchev–Trinajstić information content (AvgIpc) is 4.28. The molecule has 0 amide bonds. The Kier molecular flexibility index (Phi) is 18.5. The molecule has 0 aliphatic rings. The van der Waals surface area contributed by atoms with Crippen LogP contribution in [0.5, 0.6) is 0 Å². The predicted octanol–water partition coefficient (Wildman–Crippen LogP) is 21.2. The number of hydrogen-bond acceptors (Lipinski definition) is 5. The quantitative estimate of drug-likeness (QED) is 0.0279. The number of thiophene rings is 2. The summed E-state index contributed by atoms with van der Waals surface area (Å²) in [4.78, 5) is 2.73. The molecular formula is C60H84BN5P2S3. The van der Waals surface area contributed by atoms with Crippen molar-refractivity contribution in [3.63, 3.8) is 0 Å². The highest BCUT2D eigenvalue weighted by atomic mass is 32.1. The van der Waals surface area contributed by atoms with E-state index >= 15 is 0 Å². The van der Waals surface area contributed by atoms with Crippen molar-refractivity contribution in [2.45, 2.75) is 209 Å². The van der Waals surface area contributed by atoms with Gasteiger partial charge in [0.2, 0.25) is 0 Å². The van der Waals surface area contributed by atoms with Gasteiger partial charge in [0.05, 0.1) is 56.8 Å². The van der Waals surface area contributed by atoms with Crippen LogP contribution in [0.25, 0.3) is 85.5 Å². The zero-order valence-electron chi connectivity index (χ0n) is 47.4. The van der Waals surface area contributed by atoms with E-state index in [9.17, 15) is 0 Å². The van der Waals surface area contributed by atoms with E-state index in [1.807, 2.05) is 22.7 Å². The second kappa shape index (κ2) is 26.1. The van der Waals surface area contributed by atoms with Crippen molar-refractivity contribution in [2.24, 2.45) is 5.92 Å². The van der Waals surface area contributed by atoms with Gasteiger partial charge in [-0.15, -0.1) is 39.0 Å². The molecule has 0 aliphatic heterocycles. The fourth-order valence-electron chi connectivity index (χ4n) is 11.6. The summed E-state index contributed by atoms with van der Waals surface area (Å²) in [6, 6.07) is 20.6. The average molecular weight is 1050 g/mol. The van der Waals surface area contributed by atoms with E-state index in [0.29, 0.717) is 12.0 Å². The van der Waals surface area contributed by atoms with Crippen molar-refractivity contribution in [3.05, 3.63) is 59.0 Å². The number of aromatic nitrogens is 5. The second-order valence-corrected chi connectivity index (χ2v) is 26.1. The first-order valence-corrected chi connectivity index (χ1v) is 32.9. The molecule has 380 valence electrons. The fraction of sp³-hybridized carbons (Fsp3) is 0.567. The number of nitrogens with zero attached hydrogens (tertiary/aromatic N) is 5. The summed E-state index contributed by atoms with van der Waals surface area (Å²) in [5, 5.41) is 5.78. The molecule has 0 spiro atoms. The smallest absolute Gasteiger partial charge is 0.114 e. The minimum Gasteiger partial charge on any atom is -0.340 e. The van der Waals surface area contributed by atoms with Crippen LogP contribution in [-0.2, 0) is 13.1 Å². The minimum absolute atomic E-state index is 0.0635.